The molecule has 65 heavy (non-hydrogen) atoms. The van der Waals surface area contributed by atoms with Crippen LogP contribution in [0.3, 0.4) is 0 Å². The number of carbonyl (C=O) groups is 2. The van der Waals surface area contributed by atoms with Gasteiger partial charge in [-0.3, -0.25) is 9.59 Å². The summed E-state index contributed by atoms with van der Waals surface area (Å²) < 4.78 is 5.96. The summed E-state index contributed by atoms with van der Waals surface area (Å²) in [5.74, 6) is -0.465. The standard InChI is InChI=1S/C59H115NO5/c1-4-7-10-13-16-19-22-25-27-29-31-34-37-40-43-46-49-52-59(64)65-55(50-47-44-41-38-35-33-30-28-26-23-20-17-14-11-8-5-2)53-58(63)60-56(54-61)57(62)51-48-45-42-39-36-32-24-21-18-15-12-9-6-3/h33,35,55-57,61-62H,4-32,34,36-54H2,1-3H3,(H,60,63)/b35-33+. The molecule has 0 fully saturated rings. The molecule has 0 heterocycles. The van der Waals surface area contributed by atoms with Crippen molar-refractivity contribution in [3.63, 3.8) is 0 Å². The number of nitrogens with one attached hydrogen (secondary N) is 1. The van der Waals surface area contributed by atoms with E-state index in [1.165, 1.54) is 225 Å². The van der Waals surface area contributed by atoms with Gasteiger partial charge in [0.2, 0.25) is 5.91 Å². The van der Waals surface area contributed by atoms with Crippen LogP contribution >= 0.6 is 0 Å². The molecule has 0 rings (SSSR count). The summed E-state index contributed by atoms with van der Waals surface area (Å²) in [6, 6.07) is -0.701. The lowest BCUT2D eigenvalue weighted by atomic mass is 10.0. The number of hydrogen-bond acceptors (Lipinski definition) is 5. The number of aliphatic hydroxyl groups excluding tert-OH is 2. The Morgan fingerprint density at radius 3 is 1.11 bits per heavy atom. The van der Waals surface area contributed by atoms with Crippen LogP contribution in [0.15, 0.2) is 12.2 Å². The van der Waals surface area contributed by atoms with Crippen molar-refractivity contribution in [2.45, 2.75) is 347 Å². The minimum atomic E-state index is -0.786. The molecule has 0 saturated heterocycles. The fourth-order valence-electron chi connectivity index (χ4n) is 9.37. The number of allylic oxidation sites excluding steroid dienone is 2. The van der Waals surface area contributed by atoms with E-state index in [4.69, 9.17) is 4.74 Å². The van der Waals surface area contributed by atoms with E-state index < -0.39 is 18.2 Å². The normalized spacial score (nSPS) is 13.1. The third kappa shape index (κ3) is 48.9. The van der Waals surface area contributed by atoms with E-state index in [2.05, 4.69) is 38.2 Å². The molecule has 0 aromatic heterocycles. The predicted octanol–water partition coefficient (Wildman–Crippen LogP) is 18.1. The van der Waals surface area contributed by atoms with Crippen LogP contribution in [-0.4, -0.2) is 46.9 Å². The van der Waals surface area contributed by atoms with Crippen LogP contribution in [0.1, 0.15) is 329 Å². The Labute approximate surface area is 406 Å². The number of carbonyl (C=O) groups excluding carboxylic acids is 2. The first-order valence-corrected chi connectivity index (χ1v) is 29.4. The Kier molecular flexibility index (Phi) is 52.4. The predicted molar refractivity (Wildman–Crippen MR) is 283 cm³/mol. The first kappa shape index (κ1) is 63.6. The van der Waals surface area contributed by atoms with Gasteiger partial charge in [0.05, 0.1) is 25.2 Å². The molecule has 6 heteroatoms. The number of aliphatic hydroxyl groups is 2. The second-order valence-electron chi connectivity index (χ2n) is 20.4. The minimum Gasteiger partial charge on any atom is -0.462 e. The fraction of sp³-hybridized carbons (Fsp3) is 0.932. The van der Waals surface area contributed by atoms with Crippen molar-refractivity contribution in [3.05, 3.63) is 12.2 Å². The third-order valence-corrected chi connectivity index (χ3v) is 13.8. The Bertz CT molecular complexity index is 986. The van der Waals surface area contributed by atoms with Crippen molar-refractivity contribution < 1.29 is 24.5 Å². The average molecular weight is 919 g/mol. The SMILES string of the molecule is CCCCCCCCCCC/C=C/CCCCCC(CC(=O)NC(CO)C(O)CCCCCCCCCCCCCCC)OC(=O)CCCCCCCCCCCCCCCCCCC. The van der Waals surface area contributed by atoms with E-state index in [1.807, 2.05) is 0 Å². The van der Waals surface area contributed by atoms with Gasteiger partial charge in [0.15, 0.2) is 0 Å². The number of unbranched alkanes of at least 4 members (excludes halogenated alkanes) is 40. The number of hydrogen-bond donors (Lipinski definition) is 3. The number of ether oxygens (including phenoxy) is 1. The van der Waals surface area contributed by atoms with Crippen molar-refractivity contribution in [1.29, 1.82) is 0 Å². The van der Waals surface area contributed by atoms with Gasteiger partial charge < -0.3 is 20.3 Å². The van der Waals surface area contributed by atoms with Crippen LogP contribution in [0.25, 0.3) is 0 Å². The maximum absolute atomic E-state index is 13.3. The third-order valence-electron chi connectivity index (χ3n) is 13.8. The van der Waals surface area contributed by atoms with Crippen molar-refractivity contribution in [3.8, 4) is 0 Å². The quantitative estimate of drug-likeness (QED) is 0.0321. The van der Waals surface area contributed by atoms with Gasteiger partial charge in [0, 0.05) is 6.42 Å². The van der Waals surface area contributed by atoms with Gasteiger partial charge in [-0.2, -0.15) is 0 Å². The van der Waals surface area contributed by atoms with Gasteiger partial charge in [0.25, 0.3) is 0 Å². The molecule has 0 aromatic rings. The zero-order valence-corrected chi connectivity index (χ0v) is 44.2. The summed E-state index contributed by atoms with van der Waals surface area (Å²) in [7, 11) is 0. The molecule has 3 N–H and O–H groups in total. The summed E-state index contributed by atoms with van der Waals surface area (Å²) in [5.41, 5.74) is 0. The number of rotatable bonds is 54. The lowest BCUT2D eigenvalue weighted by Gasteiger charge is -2.24. The van der Waals surface area contributed by atoms with E-state index in [9.17, 15) is 19.8 Å². The highest BCUT2D eigenvalue weighted by Gasteiger charge is 2.24. The second-order valence-corrected chi connectivity index (χ2v) is 20.4. The Hall–Kier alpha value is -1.40. The molecule has 0 saturated carbocycles. The summed E-state index contributed by atoms with van der Waals surface area (Å²) >= 11 is 0. The maximum atomic E-state index is 13.3. The van der Waals surface area contributed by atoms with Crippen molar-refractivity contribution in [1.82, 2.24) is 5.32 Å². The molecule has 0 aliphatic rings. The van der Waals surface area contributed by atoms with E-state index >= 15 is 0 Å². The molecule has 0 bridgehead atoms. The second kappa shape index (κ2) is 53.6. The van der Waals surface area contributed by atoms with Crippen LogP contribution in [0.4, 0.5) is 0 Å². The van der Waals surface area contributed by atoms with E-state index in [0.717, 1.165) is 57.8 Å². The fourth-order valence-corrected chi connectivity index (χ4v) is 9.37. The smallest absolute Gasteiger partial charge is 0.306 e. The molecule has 3 unspecified atom stereocenters. The molecule has 1 amide bonds. The molecular weight excluding hydrogens is 803 g/mol. The first-order chi connectivity index (χ1) is 32.0. The highest BCUT2D eigenvalue weighted by Crippen LogP contribution is 2.19. The molecule has 0 aromatic carbocycles. The van der Waals surface area contributed by atoms with Crippen LogP contribution in [0.5, 0.6) is 0 Å². The summed E-state index contributed by atoms with van der Waals surface area (Å²) in [4.78, 5) is 26.3. The Morgan fingerprint density at radius 1 is 0.431 bits per heavy atom. The molecule has 6 nitrogen and oxygen atoms in total. The molecule has 0 aliphatic carbocycles. The van der Waals surface area contributed by atoms with Crippen LogP contribution in [0.2, 0.25) is 0 Å². The van der Waals surface area contributed by atoms with Crippen molar-refractivity contribution in [2.24, 2.45) is 0 Å². The van der Waals surface area contributed by atoms with Gasteiger partial charge >= 0.3 is 5.97 Å². The zero-order valence-electron chi connectivity index (χ0n) is 44.2. The van der Waals surface area contributed by atoms with Crippen LogP contribution < -0.4 is 5.32 Å². The van der Waals surface area contributed by atoms with E-state index in [0.29, 0.717) is 19.3 Å². The van der Waals surface area contributed by atoms with Gasteiger partial charge in [-0.05, 0) is 51.4 Å². The summed E-state index contributed by atoms with van der Waals surface area (Å²) in [6.07, 6.45) is 61.4. The molecule has 0 aliphatic heterocycles. The topological polar surface area (TPSA) is 95.9 Å². The number of amides is 1. The van der Waals surface area contributed by atoms with Gasteiger partial charge in [-0.25, -0.2) is 0 Å². The molecule has 386 valence electrons. The summed E-state index contributed by atoms with van der Waals surface area (Å²) in [5, 5.41) is 23.9. The molecule has 3 atom stereocenters. The zero-order chi connectivity index (χ0) is 47.4. The van der Waals surface area contributed by atoms with Gasteiger partial charge in [0.1, 0.15) is 6.10 Å². The molecule has 0 radical (unpaired) electrons. The summed E-state index contributed by atoms with van der Waals surface area (Å²) in [6.45, 7) is 6.53. The van der Waals surface area contributed by atoms with Gasteiger partial charge in [-0.1, -0.05) is 277 Å². The maximum Gasteiger partial charge on any atom is 0.306 e. The van der Waals surface area contributed by atoms with Gasteiger partial charge in [-0.15, -0.1) is 0 Å². The molecule has 0 spiro atoms. The number of esters is 1. The van der Waals surface area contributed by atoms with Crippen LogP contribution in [0, 0.1) is 0 Å². The molecular formula is C59H115NO5. The Morgan fingerprint density at radius 2 is 0.738 bits per heavy atom. The highest BCUT2D eigenvalue weighted by molar-refractivity contribution is 5.77. The minimum absolute atomic E-state index is 0.0748. The first-order valence-electron chi connectivity index (χ1n) is 29.4. The average Bonchev–Trinajstić information content (AvgIpc) is 3.30. The van der Waals surface area contributed by atoms with E-state index in [1.54, 1.807) is 0 Å². The van der Waals surface area contributed by atoms with E-state index in [-0.39, 0.29) is 24.9 Å². The largest absolute Gasteiger partial charge is 0.462 e. The van der Waals surface area contributed by atoms with Crippen molar-refractivity contribution in [2.75, 3.05) is 6.61 Å². The lowest BCUT2D eigenvalue weighted by molar-refractivity contribution is -0.151. The lowest BCUT2D eigenvalue weighted by Crippen LogP contribution is -2.46. The highest BCUT2D eigenvalue weighted by atomic mass is 16.5. The van der Waals surface area contributed by atoms with Crippen molar-refractivity contribution >= 4 is 11.9 Å². The van der Waals surface area contributed by atoms with Crippen LogP contribution in [-0.2, 0) is 14.3 Å². The monoisotopic (exact) mass is 918 g/mol. The Balaban J connectivity index is 4.53.